The molecule has 3 nitrogen and oxygen atoms in total. The van der Waals surface area contributed by atoms with Gasteiger partial charge in [0, 0.05) is 16.7 Å². The average molecular weight is 318 g/mol. The van der Waals surface area contributed by atoms with Crippen molar-refractivity contribution in [3.8, 4) is 0 Å². The number of hydrogen-bond acceptors (Lipinski definition) is 2. The van der Waals surface area contributed by atoms with Gasteiger partial charge in [0.1, 0.15) is 5.57 Å². The number of Topliss-reactive ketones (excluding diaryl/α,β-unsaturated/α-hetero) is 1. The number of nitrogens with zero attached hydrogens (tertiary/aromatic N) is 1. The Labute approximate surface area is 129 Å². The number of rotatable bonds is 0. The number of ketones is 1. The fourth-order valence-electron chi connectivity index (χ4n) is 4.96. The number of aromatic nitrogens is 2. The first-order chi connectivity index (χ1) is 10.9. The largest absolute Gasteiger partial charge is 0.420 e. The SMILES string of the molecule is O=C1C(C(F)(F)F)=C2c3ccc4[nH]ncc4c3C[C@@]23CCC1C3. The smallest absolute Gasteiger partial charge is 0.294 e. The number of carbonyl (C=O) groups excluding carboxylic acids is 1. The zero-order valence-electron chi connectivity index (χ0n) is 12.1. The number of fused-ring (bicyclic) bond motifs is 5. The molecule has 118 valence electrons. The van der Waals surface area contributed by atoms with Gasteiger partial charge in [-0.3, -0.25) is 9.89 Å². The lowest BCUT2D eigenvalue weighted by atomic mass is 9.71. The Bertz CT molecular complexity index is 908. The predicted molar refractivity (Wildman–Crippen MR) is 77.6 cm³/mol. The molecule has 1 saturated carbocycles. The minimum atomic E-state index is -4.59. The molecular weight excluding hydrogens is 305 g/mol. The van der Waals surface area contributed by atoms with E-state index in [1.165, 1.54) is 0 Å². The van der Waals surface area contributed by atoms with Crippen molar-refractivity contribution in [2.24, 2.45) is 11.3 Å². The van der Waals surface area contributed by atoms with Crippen LogP contribution in [0.1, 0.15) is 30.4 Å². The zero-order valence-corrected chi connectivity index (χ0v) is 12.1. The monoisotopic (exact) mass is 318 g/mol. The van der Waals surface area contributed by atoms with Crippen molar-refractivity contribution in [1.29, 1.82) is 0 Å². The molecule has 1 aromatic carbocycles. The van der Waals surface area contributed by atoms with Crippen LogP contribution in [0.2, 0.25) is 0 Å². The predicted octanol–water partition coefficient (Wildman–Crippen LogP) is 3.80. The molecule has 0 saturated heterocycles. The maximum absolute atomic E-state index is 13.7. The second kappa shape index (κ2) is 3.86. The van der Waals surface area contributed by atoms with Gasteiger partial charge in [-0.15, -0.1) is 0 Å². The number of benzene rings is 1. The summed E-state index contributed by atoms with van der Waals surface area (Å²) in [5, 5.41) is 7.75. The number of nitrogens with one attached hydrogen (secondary N) is 1. The van der Waals surface area contributed by atoms with Gasteiger partial charge in [-0.1, -0.05) is 6.07 Å². The van der Waals surface area contributed by atoms with E-state index in [1.54, 1.807) is 18.3 Å². The molecule has 5 rings (SSSR count). The van der Waals surface area contributed by atoms with Gasteiger partial charge < -0.3 is 0 Å². The summed E-state index contributed by atoms with van der Waals surface area (Å²) in [6.45, 7) is 0. The van der Waals surface area contributed by atoms with E-state index in [9.17, 15) is 18.0 Å². The first-order valence-corrected chi connectivity index (χ1v) is 7.72. The molecule has 1 unspecified atom stereocenters. The van der Waals surface area contributed by atoms with E-state index in [1.807, 2.05) is 0 Å². The molecule has 23 heavy (non-hydrogen) atoms. The molecule has 1 fully saturated rings. The maximum atomic E-state index is 13.7. The van der Waals surface area contributed by atoms with E-state index in [4.69, 9.17) is 0 Å². The van der Waals surface area contributed by atoms with Gasteiger partial charge in [0.25, 0.3) is 0 Å². The molecule has 3 aliphatic carbocycles. The topological polar surface area (TPSA) is 45.8 Å². The molecule has 1 aromatic heterocycles. The van der Waals surface area contributed by atoms with Gasteiger partial charge >= 0.3 is 6.18 Å². The minimum absolute atomic E-state index is 0.252. The van der Waals surface area contributed by atoms with Crippen molar-refractivity contribution >= 4 is 22.3 Å². The van der Waals surface area contributed by atoms with Crippen LogP contribution in [0.3, 0.4) is 0 Å². The minimum Gasteiger partial charge on any atom is -0.294 e. The standard InChI is InChI=1S/C17H13F3N2O/c18-17(19,20)14-13-9-1-2-12-11(7-21-22-12)10(9)6-16(13)4-3-8(5-16)15(14)23/h1-2,7-8H,3-6H2,(H,21,22)/t8?,16-/m0/s1. The highest BCUT2D eigenvalue weighted by atomic mass is 19.4. The Morgan fingerprint density at radius 2 is 2.13 bits per heavy atom. The molecule has 1 spiro atoms. The van der Waals surface area contributed by atoms with E-state index in [-0.39, 0.29) is 5.57 Å². The number of allylic oxidation sites excluding steroid dienone is 2. The molecule has 3 aliphatic rings. The van der Waals surface area contributed by atoms with Gasteiger partial charge in [0.2, 0.25) is 0 Å². The quantitative estimate of drug-likeness (QED) is 0.803. The third-order valence-corrected chi connectivity index (χ3v) is 5.81. The van der Waals surface area contributed by atoms with Crippen molar-refractivity contribution in [2.75, 3.05) is 0 Å². The molecule has 2 atom stereocenters. The van der Waals surface area contributed by atoms with Gasteiger partial charge in [-0.05, 0) is 48.4 Å². The molecule has 0 amide bonds. The molecule has 0 radical (unpaired) electrons. The summed E-state index contributed by atoms with van der Waals surface area (Å²) in [6.07, 6.45) is -0.568. The lowest BCUT2D eigenvalue weighted by Gasteiger charge is -2.33. The van der Waals surface area contributed by atoms with Crippen LogP contribution in [0.5, 0.6) is 0 Å². The van der Waals surface area contributed by atoms with Crippen LogP contribution in [-0.2, 0) is 11.2 Å². The summed E-state index contributed by atoms with van der Waals surface area (Å²) in [5.41, 5.74) is 1.17. The van der Waals surface area contributed by atoms with Crippen LogP contribution in [0.4, 0.5) is 13.2 Å². The van der Waals surface area contributed by atoms with Crippen LogP contribution in [0.15, 0.2) is 23.9 Å². The number of halogens is 3. The zero-order chi connectivity index (χ0) is 16.0. The summed E-state index contributed by atoms with van der Waals surface area (Å²) in [5.74, 6) is -1.18. The summed E-state index contributed by atoms with van der Waals surface area (Å²) < 4.78 is 41.0. The van der Waals surface area contributed by atoms with E-state index < -0.39 is 28.9 Å². The number of H-pyrrole nitrogens is 1. The highest BCUT2D eigenvalue weighted by molar-refractivity contribution is 6.10. The summed E-state index contributed by atoms with van der Waals surface area (Å²) in [6, 6.07) is 3.48. The number of hydrogen-bond donors (Lipinski definition) is 1. The van der Waals surface area contributed by atoms with Crippen LogP contribution < -0.4 is 0 Å². The van der Waals surface area contributed by atoms with Gasteiger partial charge in [0.15, 0.2) is 5.78 Å². The van der Waals surface area contributed by atoms with Crippen molar-refractivity contribution in [1.82, 2.24) is 10.2 Å². The Kier molecular flexibility index (Phi) is 2.24. The van der Waals surface area contributed by atoms with Crippen molar-refractivity contribution in [3.05, 3.63) is 35.0 Å². The first-order valence-electron chi connectivity index (χ1n) is 7.72. The second-order valence-corrected chi connectivity index (χ2v) is 6.93. The normalized spacial score (nSPS) is 29.3. The fraction of sp³-hybridized carbons (Fsp3) is 0.412. The summed E-state index contributed by atoms with van der Waals surface area (Å²) >= 11 is 0. The third kappa shape index (κ3) is 1.51. The lowest BCUT2D eigenvalue weighted by Crippen LogP contribution is -2.34. The molecule has 2 aromatic rings. The van der Waals surface area contributed by atoms with E-state index in [0.717, 1.165) is 16.5 Å². The van der Waals surface area contributed by atoms with Gasteiger partial charge in [-0.25, -0.2) is 0 Å². The van der Waals surface area contributed by atoms with Crippen LogP contribution in [0, 0.1) is 11.3 Å². The van der Waals surface area contributed by atoms with E-state index >= 15 is 0 Å². The number of carbonyl (C=O) groups is 1. The van der Waals surface area contributed by atoms with Crippen molar-refractivity contribution < 1.29 is 18.0 Å². The molecule has 6 heteroatoms. The van der Waals surface area contributed by atoms with E-state index in [2.05, 4.69) is 10.2 Å². The molecule has 0 aliphatic heterocycles. The molecule has 1 heterocycles. The van der Waals surface area contributed by atoms with Crippen LogP contribution >= 0.6 is 0 Å². The number of aromatic amines is 1. The van der Waals surface area contributed by atoms with Crippen molar-refractivity contribution in [2.45, 2.75) is 31.9 Å². The van der Waals surface area contributed by atoms with Crippen LogP contribution in [0.25, 0.3) is 16.5 Å². The third-order valence-electron chi connectivity index (χ3n) is 5.81. The Morgan fingerprint density at radius 1 is 1.30 bits per heavy atom. The van der Waals surface area contributed by atoms with E-state index in [0.29, 0.717) is 31.2 Å². The molecular formula is C17H13F3N2O. The first kappa shape index (κ1) is 13.3. The Balaban J connectivity index is 1.89. The molecule has 1 N–H and O–H groups in total. The maximum Gasteiger partial charge on any atom is 0.420 e. The lowest BCUT2D eigenvalue weighted by molar-refractivity contribution is -0.132. The fourth-order valence-corrected chi connectivity index (χ4v) is 4.96. The highest BCUT2D eigenvalue weighted by Crippen LogP contribution is 2.64. The summed E-state index contributed by atoms with van der Waals surface area (Å²) in [4.78, 5) is 12.4. The summed E-state index contributed by atoms with van der Waals surface area (Å²) in [7, 11) is 0. The van der Waals surface area contributed by atoms with Gasteiger partial charge in [0.05, 0.1) is 11.7 Å². The highest BCUT2D eigenvalue weighted by Gasteiger charge is 2.59. The Hall–Kier alpha value is -2.11. The van der Waals surface area contributed by atoms with Crippen LogP contribution in [-0.4, -0.2) is 22.2 Å². The average Bonchev–Trinajstić information content (AvgIpc) is 3.15. The van der Waals surface area contributed by atoms with Crippen molar-refractivity contribution in [3.63, 3.8) is 0 Å². The Morgan fingerprint density at radius 3 is 2.91 bits per heavy atom. The number of alkyl halides is 3. The molecule has 2 bridgehead atoms. The van der Waals surface area contributed by atoms with Gasteiger partial charge in [-0.2, -0.15) is 18.3 Å². The second-order valence-electron chi connectivity index (χ2n) is 6.93.